The first-order valence-electron chi connectivity index (χ1n) is 9.23. The van der Waals surface area contributed by atoms with Gasteiger partial charge in [-0.2, -0.15) is 0 Å². The van der Waals surface area contributed by atoms with Gasteiger partial charge in [0.15, 0.2) is 0 Å². The Kier molecular flexibility index (Phi) is 9.29. The molecule has 2 rings (SSSR count). The maximum atomic E-state index is 12.2. The average Bonchev–Trinajstić information content (AvgIpc) is 3.40. The minimum absolute atomic E-state index is 0.119. The molecular weight excluding hydrogens is 414 g/mol. The van der Waals surface area contributed by atoms with Crippen molar-refractivity contribution in [2.24, 2.45) is 0 Å². The van der Waals surface area contributed by atoms with Crippen LogP contribution in [0.4, 0.5) is 14.6 Å². The van der Waals surface area contributed by atoms with E-state index in [-0.39, 0.29) is 18.7 Å². The van der Waals surface area contributed by atoms with Crippen molar-refractivity contribution in [1.82, 2.24) is 20.2 Å². The number of alkyl carbamates (subject to hydrolysis) is 1. The molecule has 0 spiro atoms. The lowest BCUT2D eigenvalue weighted by Gasteiger charge is -2.32. The van der Waals surface area contributed by atoms with Gasteiger partial charge in [0.05, 0.1) is 35.2 Å². The molecule has 160 valence electrons. The zero-order valence-electron chi connectivity index (χ0n) is 17.0. The number of hydrogen-bond acceptors (Lipinski definition) is 9. The van der Waals surface area contributed by atoms with Gasteiger partial charge in [0.1, 0.15) is 11.6 Å². The van der Waals surface area contributed by atoms with Crippen LogP contribution >= 0.6 is 22.7 Å². The van der Waals surface area contributed by atoms with Gasteiger partial charge >= 0.3 is 12.2 Å². The number of thiazole rings is 2. The van der Waals surface area contributed by atoms with Crippen LogP contribution in [0.1, 0.15) is 25.6 Å². The number of rotatable bonds is 10. The lowest BCUT2D eigenvalue weighted by molar-refractivity contribution is 0.133. The number of hydrogen-bond donors (Lipinski definition) is 1. The molecule has 2 aromatic heterocycles. The van der Waals surface area contributed by atoms with Crippen molar-refractivity contribution in [2.75, 3.05) is 31.6 Å². The first-order valence-corrected chi connectivity index (χ1v) is 11.0. The number of ether oxygens (including phenoxy) is 2. The van der Waals surface area contributed by atoms with Crippen molar-refractivity contribution < 1.29 is 19.1 Å². The molecule has 9 nitrogen and oxygen atoms in total. The Morgan fingerprint density at radius 1 is 1.17 bits per heavy atom. The average molecular weight is 442 g/mol. The standard InChI is InChI=1S/C18H27N5O4S2/c1-5-22(8-13(2)21-17(24)27-10-15-6-19-11-28-15)9-14(3)23(18(25)26-4)16-7-20-12-29-16/h6-7,11-14H,5,8-10H2,1-4H3,(H,21,24)/t13-,14+/m1/s1. The lowest BCUT2D eigenvalue weighted by Crippen LogP contribution is -2.49. The summed E-state index contributed by atoms with van der Waals surface area (Å²) in [6, 6.07) is -0.251. The molecule has 0 unspecified atom stereocenters. The predicted octanol–water partition coefficient (Wildman–Crippen LogP) is 3.20. The molecule has 2 heterocycles. The molecule has 0 aliphatic rings. The lowest BCUT2D eigenvalue weighted by atomic mass is 10.2. The number of nitrogens with one attached hydrogen (secondary N) is 1. The second kappa shape index (κ2) is 11.7. The first-order chi connectivity index (χ1) is 13.9. The number of nitrogens with zero attached hydrogens (tertiary/aromatic N) is 4. The second-order valence-corrected chi connectivity index (χ2v) is 8.31. The van der Waals surface area contributed by atoms with Gasteiger partial charge < -0.3 is 14.8 Å². The Hall–Kier alpha value is -2.24. The molecule has 0 aromatic carbocycles. The topological polar surface area (TPSA) is 96.9 Å². The summed E-state index contributed by atoms with van der Waals surface area (Å²) in [6.45, 7) is 8.13. The molecule has 11 heteroatoms. The summed E-state index contributed by atoms with van der Waals surface area (Å²) in [6.07, 6.45) is 2.45. The minimum Gasteiger partial charge on any atom is -0.452 e. The van der Waals surface area contributed by atoms with Crippen LogP contribution in [0.25, 0.3) is 0 Å². The molecule has 2 aromatic rings. The van der Waals surface area contributed by atoms with E-state index in [9.17, 15) is 9.59 Å². The van der Waals surface area contributed by atoms with Gasteiger partial charge in [0.2, 0.25) is 0 Å². The smallest absolute Gasteiger partial charge is 0.414 e. The molecule has 0 aliphatic carbocycles. The highest BCUT2D eigenvalue weighted by molar-refractivity contribution is 7.14. The van der Waals surface area contributed by atoms with Gasteiger partial charge in [-0.15, -0.1) is 22.7 Å². The van der Waals surface area contributed by atoms with Crippen LogP contribution in [0.5, 0.6) is 0 Å². The van der Waals surface area contributed by atoms with Crippen molar-refractivity contribution in [1.29, 1.82) is 0 Å². The van der Waals surface area contributed by atoms with E-state index in [1.165, 1.54) is 29.8 Å². The number of amides is 2. The molecule has 1 N–H and O–H groups in total. The SMILES string of the molecule is CCN(C[C@@H](C)NC(=O)OCc1cncs1)C[C@H](C)N(C(=O)OC)c1cncs1. The number of likely N-dealkylation sites (N-methyl/N-ethyl adjacent to an activating group) is 1. The van der Waals surface area contributed by atoms with Crippen LogP contribution in [-0.4, -0.2) is 65.9 Å². The number of aromatic nitrogens is 2. The summed E-state index contributed by atoms with van der Waals surface area (Å²) in [5.41, 5.74) is 3.38. The molecule has 0 fully saturated rings. The summed E-state index contributed by atoms with van der Waals surface area (Å²) in [5, 5.41) is 3.57. The van der Waals surface area contributed by atoms with E-state index in [1.807, 2.05) is 20.8 Å². The second-order valence-electron chi connectivity index (χ2n) is 6.47. The molecular formula is C18H27N5O4S2. The Morgan fingerprint density at radius 3 is 2.48 bits per heavy atom. The normalized spacial score (nSPS) is 13.0. The van der Waals surface area contributed by atoms with Crippen LogP contribution in [0, 0.1) is 0 Å². The van der Waals surface area contributed by atoms with Crippen molar-refractivity contribution in [2.45, 2.75) is 39.5 Å². The van der Waals surface area contributed by atoms with Gasteiger partial charge in [0.25, 0.3) is 0 Å². The van der Waals surface area contributed by atoms with Crippen LogP contribution in [0.15, 0.2) is 23.4 Å². The summed E-state index contributed by atoms with van der Waals surface area (Å²) in [4.78, 5) is 36.9. The fourth-order valence-corrected chi connectivity index (χ4v) is 4.05. The highest BCUT2D eigenvalue weighted by Gasteiger charge is 2.26. The van der Waals surface area contributed by atoms with Crippen LogP contribution in [-0.2, 0) is 16.1 Å². The third-order valence-electron chi connectivity index (χ3n) is 4.16. The highest BCUT2D eigenvalue weighted by Crippen LogP contribution is 2.23. The van der Waals surface area contributed by atoms with E-state index in [1.54, 1.807) is 28.3 Å². The number of carbonyl (C=O) groups is 2. The summed E-state index contributed by atoms with van der Waals surface area (Å²) in [5.74, 6) is 0. The third-order valence-corrected chi connectivity index (χ3v) is 5.69. The monoisotopic (exact) mass is 441 g/mol. The summed E-state index contributed by atoms with van der Waals surface area (Å²) < 4.78 is 10.1. The van der Waals surface area contributed by atoms with Gasteiger partial charge in [0, 0.05) is 25.3 Å². The predicted molar refractivity (Wildman–Crippen MR) is 113 cm³/mol. The highest BCUT2D eigenvalue weighted by atomic mass is 32.1. The van der Waals surface area contributed by atoms with Crippen molar-refractivity contribution in [3.05, 3.63) is 28.3 Å². The van der Waals surface area contributed by atoms with E-state index < -0.39 is 12.2 Å². The molecule has 2 atom stereocenters. The third kappa shape index (κ3) is 7.26. The van der Waals surface area contributed by atoms with E-state index >= 15 is 0 Å². The van der Waals surface area contributed by atoms with E-state index in [0.717, 1.165) is 16.4 Å². The molecule has 2 amide bonds. The number of methoxy groups -OCH3 is 1. The molecule has 0 saturated heterocycles. The summed E-state index contributed by atoms with van der Waals surface area (Å²) >= 11 is 2.82. The van der Waals surface area contributed by atoms with Crippen LogP contribution in [0.2, 0.25) is 0 Å². The molecule has 29 heavy (non-hydrogen) atoms. The zero-order valence-corrected chi connectivity index (χ0v) is 18.7. The fourth-order valence-electron chi connectivity index (χ4n) is 2.83. The Morgan fingerprint density at radius 2 is 1.90 bits per heavy atom. The fraction of sp³-hybridized carbons (Fsp3) is 0.556. The van der Waals surface area contributed by atoms with E-state index in [4.69, 9.17) is 9.47 Å². The van der Waals surface area contributed by atoms with Crippen molar-refractivity contribution in [3.8, 4) is 0 Å². The van der Waals surface area contributed by atoms with E-state index in [0.29, 0.717) is 13.1 Å². The van der Waals surface area contributed by atoms with Crippen LogP contribution < -0.4 is 10.2 Å². The molecule has 0 radical (unpaired) electrons. The van der Waals surface area contributed by atoms with Gasteiger partial charge in [-0.05, 0) is 20.4 Å². The quantitative estimate of drug-likeness (QED) is 0.605. The molecule has 0 saturated carbocycles. The van der Waals surface area contributed by atoms with Crippen molar-refractivity contribution >= 4 is 39.9 Å². The number of anilines is 1. The van der Waals surface area contributed by atoms with Gasteiger partial charge in [-0.25, -0.2) is 9.59 Å². The maximum absolute atomic E-state index is 12.2. The number of carbonyl (C=O) groups excluding carboxylic acids is 2. The van der Waals surface area contributed by atoms with Gasteiger partial charge in [-0.3, -0.25) is 19.8 Å². The zero-order chi connectivity index (χ0) is 21.2. The maximum Gasteiger partial charge on any atom is 0.414 e. The Bertz CT molecular complexity index is 742. The van der Waals surface area contributed by atoms with Crippen molar-refractivity contribution in [3.63, 3.8) is 0 Å². The van der Waals surface area contributed by atoms with Gasteiger partial charge in [-0.1, -0.05) is 6.92 Å². The van der Waals surface area contributed by atoms with Crippen LogP contribution in [0.3, 0.4) is 0 Å². The van der Waals surface area contributed by atoms with E-state index in [2.05, 4.69) is 20.2 Å². The Balaban J connectivity index is 1.85. The molecule has 0 bridgehead atoms. The minimum atomic E-state index is -0.462. The summed E-state index contributed by atoms with van der Waals surface area (Å²) in [7, 11) is 1.37. The largest absolute Gasteiger partial charge is 0.452 e. The first kappa shape index (κ1) is 23.0. The Labute approximate surface area is 178 Å². The molecule has 0 aliphatic heterocycles.